The average Bonchev–Trinajstić information content (AvgIpc) is 4.39. The van der Waals surface area contributed by atoms with Gasteiger partial charge < -0.3 is 31.9 Å². The van der Waals surface area contributed by atoms with Crippen LogP contribution in [0.4, 0.5) is 43.4 Å². The van der Waals surface area contributed by atoms with Gasteiger partial charge in [-0.25, -0.2) is 56.2 Å². The number of alkyl halides is 3. The van der Waals surface area contributed by atoms with Gasteiger partial charge in [-0.2, -0.15) is 0 Å². The van der Waals surface area contributed by atoms with Crippen LogP contribution in [-0.2, 0) is 50.7 Å². The number of nitrogen functional groups attached to an aromatic ring is 3. The van der Waals surface area contributed by atoms with Crippen molar-refractivity contribution >= 4 is 34.8 Å². The molecule has 24 heteroatoms. The normalized spacial score (nSPS) is 18.8. The van der Waals surface area contributed by atoms with Crippen LogP contribution in [0.2, 0.25) is 0 Å². The Kier molecular flexibility index (Phi) is 17.8. The topological polar surface area (TPSA) is 255 Å². The summed E-state index contributed by atoms with van der Waals surface area (Å²) in [6.45, 7) is 0.496. The summed E-state index contributed by atoms with van der Waals surface area (Å²) < 4.78 is 85.0. The summed E-state index contributed by atoms with van der Waals surface area (Å²) in [6, 6.07) is 32.7. The standard InChI is InChI=1S/3C21H19F2N5O/c3*22-15-4-2-14(3-5-15)17-7-6-16(24)18(27-17)12-19(29)28-11-8-21(23,13-28)20-25-9-1-10-26-20/h3*1-7,9-10H,8,11-13,24H2. The molecule has 3 aromatic carbocycles. The van der Waals surface area contributed by atoms with Gasteiger partial charge in [0.1, 0.15) is 17.5 Å². The number of carbonyl (C=O) groups is 3. The Morgan fingerprint density at radius 1 is 0.379 bits per heavy atom. The van der Waals surface area contributed by atoms with E-state index in [4.69, 9.17) is 17.2 Å². The fraction of sp³-hybridized carbons (Fsp3) is 0.238. The molecule has 0 radical (unpaired) electrons. The summed E-state index contributed by atoms with van der Waals surface area (Å²) in [4.78, 5) is 79.9. The second-order valence-corrected chi connectivity index (χ2v) is 21.1. The van der Waals surface area contributed by atoms with Gasteiger partial charge in [0.25, 0.3) is 0 Å². The van der Waals surface area contributed by atoms with Crippen molar-refractivity contribution in [1.29, 1.82) is 0 Å². The predicted molar refractivity (Wildman–Crippen MR) is 311 cm³/mol. The van der Waals surface area contributed by atoms with Crippen molar-refractivity contribution in [2.24, 2.45) is 0 Å². The molecule has 6 N–H and O–H groups in total. The molecule has 0 bridgehead atoms. The molecule has 18 nitrogen and oxygen atoms in total. The largest absolute Gasteiger partial charge is 0.397 e. The first-order chi connectivity index (χ1) is 41.8. The number of likely N-dealkylation sites (tertiary alicyclic amines) is 3. The van der Waals surface area contributed by atoms with Crippen LogP contribution in [0.1, 0.15) is 53.8 Å². The Morgan fingerprint density at radius 3 is 0.862 bits per heavy atom. The number of nitrogens with two attached hydrogens (primary N) is 3. The first-order valence-corrected chi connectivity index (χ1v) is 27.6. The van der Waals surface area contributed by atoms with Gasteiger partial charge in [0.2, 0.25) is 17.7 Å². The number of hydrogen-bond donors (Lipinski definition) is 3. The zero-order chi connectivity index (χ0) is 61.3. The lowest BCUT2D eigenvalue weighted by molar-refractivity contribution is -0.130. The van der Waals surface area contributed by atoms with Crippen LogP contribution in [0.5, 0.6) is 0 Å². The number of carbonyl (C=O) groups excluding carboxylic acids is 3. The highest BCUT2D eigenvalue weighted by atomic mass is 19.2. The molecule has 6 aromatic heterocycles. The van der Waals surface area contributed by atoms with Crippen molar-refractivity contribution in [3.63, 3.8) is 0 Å². The van der Waals surface area contributed by atoms with Crippen molar-refractivity contribution in [2.75, 3.05) is 56.5 Å². The van der Waals surface area contributed by atoms with Gasteiger partial charge in [0.15, 0.2) is 34.5 Å². The van der Waals surface area contributed by atoms with Crippen LogP contribution in [0, 0.1) is 17.5 Å². The third-order valence-electron chi connectivity index (χ3n) is 15.0. The number of aromatic nitrogens is 9. The first-order valence-electron chi connectivity index (χ1n) is 27.6. The lowest BCUT2D eigenvalue weighted by Gasteiger charge is -2.20. The number of pyridine rings is 3. The van der Waals surface area contributed by atoms with Crippen molar-refractivity contribution < 1.29 is 40.7 Å². The molecule has 0 aliphatic carbocycles. The maximum atomic E-state index is 15.2. The highest BCUT2D eigenvalue weighted by molar-refractivity contribution is 5.82. The Balaban J connectivity index is 0.000000144. The average molecular weight is 1190 g/mol. The minimum atomic E-state index is -1.76. The van der Waals surface area contributed by atoms with Crippen LogP contribution < -0.4 is 17.2 Å². The molecule has 3 unspecified atom stereocenters. The fourth-order valence-corrected chi connectivity index (χ4v) is 10.2. The van der Waals surface area contributed by atoms with Crippen molar-refractivity contribution in [2.45, 2.75) is 55.5 Å². The number of amides is 3. The second-order valence-electron chi connectivity index (χ2n) is 21.1. The molecule has 3 amide bonds. The number of nitrogens with zero attached hydrogens (tertiary/aromatic N) is 12. The highest BCUT2D eigenvalue weighted by Crippen LogP contribution is 2.37. The quantitative estimate of drug-likeness (QED) is 0.0967. The van der Waals surface area contributed by atoms with E-state index >= 15 is 13.2 Å². The van der Waals surface area contributed by atoms with Crippen LogP contribution in [0.25, 0.3) is 33.8 Å². The van der Waals surface area contributed by atoms with Gasteiger partial charge in [-0.15, -0.1) is 0 Å². The number of halogens is 6. The molecule has 87 heavy (non-hydrogen) atoms. The summed E-state index contributed by atoms with van der Waals surface area (Å²) in [5.74, 6) is -1.56. The van der Waals surface area contributed by atoms with Crippen LogP contribution in [-0.4, -0.2) is 117 Å². The number of rotatable bonds is 12. The van der Waals surface area contributed by atoms with Crippen molar-refractivity contribution in [1.82, 2.24) is 59.6 Å². The zero-order valence-electron chi connectivity index (χ0n) is 46.7. The Bertz CT molecular complexity index is 3490. The van der Waals surface area contributed by atoms with E-state index in [1.807, 2.05) is 0 Å². The van der Waals surface area contributed by atoms with E-state index in [1.54, 1.807) is 91.0 Å². The molecular formula is C63H57F6N15O3. The van der Waals surface area contributed by atoms with Gasteiger partial charge in [-0.05, 0) is 127 Å². The molecule has 9 aromatic rings. The summed E-state index contributed by atoms with van der Waals surface area (Å²) in [7, 11) is 0. The van der Waals surface area contributed by atoms with E-state index in [-0.39, 0.29) is 130 Å². The third-order valence-corrected chi connectivity index (χ3v) is 15.0. The Hall–Kier alpha value is -10.3. The zero-order valence-corrected chi connectivity index (χ0v) is 46.7. The van der Waals surface area contributed by atoms with E-state index < -0.39 is 17.0 Å². The van der Waals surface area contributed by atoms with Gasteiger partial charge in [-0.3, -0.25) is 29.3 Å². The number of hydrogen-bond acceptors (Lipinski definition) is 15. The number of benzene rings is 3. The van der Waals surface area contributed by atoms with E-state index in [2.05, 4.69) is 44.9 Å². The molecular weight excluding hydrogens is 1130 g/mol. The maximum Gasteiger partial charge on any atom is 0.228 e. The molecule has 9 heterocycles. The van der Waals surface area contributed by atoms with E-state index in [9.17, 15) is 27.6 Å². The van der Waals surface area contributed by atoms with Gasteiger partial charge in [0, 0.05) is 92.8 Å². The van der Waals surface area contributed by atoms with Crippen LogP contribution in [0.15, 0.2) is 165 Å². The monoisotopic (exact) mass is 1190 g/mol. The maximum absolute atomic E-state index is 15.2. The molecule has 0 saturated carbocycles. The smallest absolute Gasteiger partial charge is 0.228 e. The van der Waals surface area contributed by atoms with E-state index in [1.165, 1.54) is 88.3 Å². The first kappa shape index (κ1) is 59.9. The molecule has 3 saturated heterocycles. The summed E-state index contributed by atoms with van der Waals surface area (Å²) >= 11 is 0. The molecule has 3 aliphatic rings. The van der Waals surface area contributed by atoms with Gasteiger partial charge in [-0.1, -0.05) is 0 Å². The molecule has 0 spiro atoms. The van der Waals surface area contributed by atoms with Gasteiger partial charge >= 0.3 is 0 Å². The molecule has 3 fully saturated rings. The summed E-state index contributed by atoms with van der Waals surface area (Å²) in [5.41, 5.74) is 19.0. The lowest BCUT2D eigenvalue weighted by Crippen LogP contribution is -2.34. The Labute approximate surface area is 495 Å². The van der Waals surface area contributed by atoms with Crippen LogP contribution >= 0.6 is 0 Å². The van der Waals surface area contributed by atoms with Crippen LogP contribution in [0.3, 0.4) is 0 Å². The third kappa shape index (κ3) is 14.3. The minimum Gasteiger partial charge on any atom is -0.397 e. The lowest BCUT2D eigenvalue weighted by atomic mass is 10.1. The van der Waals surface area contributed by atoms with Crippen molar-refractivity contribution in [3.05, 3.63) is 217 Å². The van der Waals surface area contributed by atoms with E-state index in [0.29, 0.717) is 67.9 Å². The molecule has 444 valence electrons. The predicted octanol–water partition coefficient (Wildman–Crippen LogP) is 8.70. The van der Waals surface area contributed by atoms with E-state index in [0.717, 1.165) is 0 Å². The van der Waals surface area contributed by atoms with Crippen molar-refractivity contribution in [3.8, 4) is 33.8 Å². The second kappa shape index (κ2) is 25.9. The highest BCUT2D eigenvalue weighted by Gasteiger charge is 2.46. The fourth-order valence-electron chi connectivity index (χ4n) is 10.2. The molecule has 12 rings (SSSR count). The van der Waals surface area contributed by atoms with Gasteiger partial charge in [0.05, 0.1) is 90.1 Å². The SMILES string of the molecule is Nc1ccc(-c2ccc(F)cc2)nc1CC(=O)N1CCC(F)(c2ncccn2)C1.Nc1ccc(-c2ccc(F)cc2)nc1CC(=O)N1CCC(F)(c2ncccn2)C1.Nc1ccc(-c2ccc(F)cc2)nc1CC(=O)N1CCC(F)(c2ncccn2)C1. The molecule has 3 aliphatic heterocycles. The summed E-state index contributed by atoms with van der Waals surface area (Å²) in [6.07, 6.45) is 9.19. The summed E-state index contributed by atoms with van der Waals surface area (Å²) in [5, 5.41) is 0. The Morgan fingerprint density at radius 2 is 0.621 bits per heavy atom. The minimum absolute atomic E-state index is 0.0490. The number of anilines is 3. The molecule has 3 atom stereocenters.